The normalized spacial score (nSPS) is 26.9. The van der Waals surface area contributed by atoms with Gasteiger partial charge in [-0.25, -0.2) is 4.98 Å². The predicted octanol–water partition coefficient (Wildman–Crippen LogP) is 0.829. The Labute approximate surface area is 121 Å². The highest BCUT2D eigenvalue weighted by Gasteiger charge is 2.39. The van der Waals surface area contributed by atoms with E-state index in [-0.39, 0.29) is 11.9 Å². The first-order chi connectivity index (χ1) is 10.2. The Morgan fingerprint density at radius 1 is 1.52 bits per heavy atom. The molecule has 0 radical (unpaired) electrons. The molecule has 21 heavy (non-hydrogen) atoms. The number of rotatable bonds is 2. The minimum atomic E-state index is -0.150. The summed E-state index contributed by atoms with van der Waals surface area (Å²) in [6.45, 7) is 0. The van der Waals surface area contributed by atoms with Crippen molar-refractivity contribution in [2.24, 2.45) is 0 Å². The van der Waals surface area contributed by atoms with Crippen LogP contribution in [0, 0.1) is 11.3 Å². The predicted molar refractivity (Wildman–Crippen MR) is 75.7 cm³/mol. The van der Waals surface area contributed by atoms with E-state index in [1.807, 2.05) is 0 Å². The largest absolute Gasteiger partial charge is 0.346 e. The molecule has 2 fully saturated rings. The first-order valence-corrected chi connectivity index (χ1v) is 7.18. The molecule has 2 N–H and O–H groups in total. The molecule has 0 saturated carbocycles. The Kier molecular flexibility index (Phi) is 2.69. The van der Waals surface area contributed by atoms with E-state index in [1.165, 1.54) is 6.42 Å². The van der Waals surface area contributed by atoms with E-state index in [1.54, 1.807) is 29.1 Å². The van der Waals surface area contributed by atoms with Crippen LogP contribution in [0.25, 0.3) is 5.52 Å². The monoisotopic (exact) mass is 281 g/mol. The van der Waals surface area contributed by atoms with Crippen LogP contribution in [0.3, 0.4) is 0 Å². The standard InChI is InChI=1S/C15H15N5O/c16-6-9-3-4-20-8-13(17-7-14(9)20)15(21)19-12-5-10-1-2-11(12)18-10/h3-4,7-8,10-12,18H,1-2,5H2,(H,19,21)/t10-,11+,12-/m1/s1. The summed E-state index contributed by atoms with van der Waals surface area (Å²) >= 11 is 0. The highest BCUT2D eigenvalue weighted by atomic mass is 16.2. The second-order valence-electron chi connectivity index (χ2n) is 5.77. The third-order valence-electron chi connectivity index (χ3n) is 4.51. The Morgan fingerprint density at radius 3 is 3.14 bits per heavy atom. The quantitative estimate of drug-likeness (QED) is 0.854. The summed E-state index contributed by atoms with van der Waals surface area (Å²) in [4.78, 5) is 16.5. The van der Waals surface area contributed by atoms with Crippen LogP contribution in [-0.4, -0.2) is 33.4 Å². The lowest BCUT2D eigenvalue weighted by molar-refractivity contribution is 0.0925. The number of aromatic nitrogens is 2. The van der Waals surface area contributed by atoms with Gasteiger partial charge in [0.05, 0.1) is 17.3 Å². The van der Waals surface area contributed by atoms with E-state index in [0.717, 1.165) is 18.4 Å². The highest BCUT2D eigenvalue weighted by molar-refractivity contribution is 5.92. The zero-order valence-electron chi connectivity index (χ0n) is 11.4. The molecule has 4 heterocycles. The van der Waals surface area contributed by atoms with Crippen LogP contribution in [0.5, 0.6) is 0 Å². The molecule has 2 aliphatic rings. The molecule has 6 heteroatoms. The summed E-state index contributed by atoms with van der Waals surface area (Å²) < 4.78 is 1.76. The second-order valence-corrected chi connectivity index (χ2v) is 5.77. The van der Waals surface area contributed by atoms with Crippen LogP contribution in [0.15, 0.2) is 24.7 Å². The maximum absolute atomic E-state index is 12.3. The van der Waals surface area contributed by atoms with Crippen molar-refractivity contribution in [1.29, 1.82) is 5.26 Å². The van der Waals surface area contributed by atoms with Gasteiger partial charge in [-0.3, -0.25) is 4.79 Å². The zero-order valence-corrected chi connectivity index (χ0v) is 11.4. The van der Waals surface area contributed by atoms with Gasteiger partial charge in [0.1, 0.15) is 11.8 Å². The maximum atomic E-state index is 12.3. The van der Waals surface area contributed by atoms with Gasteiger partial charge in [-0.05, 0) is 25.3 Å². The minimum absolute atomic E-state index is 0.150. The van der Waals surface area contributed by atoms with E-state index in [0.29, 0.717) is 23.3 Å². The number of amides is 1. The topological polar surface area (TPSA) is 82.2 Å². The van der Waals surface area contributed by atoms with Gasteiger partial charge in [-0.2, -0.15) is 5.26 Å². The highest BCUT2D eigenvalue weighted by Crippen LogP contribution is 2.28. The molecule has 2 bridgehead atoms. The van der Waals surface area contributed by atoms with Crippen molar-refractivity contribution in [2.75, 3.05) is 0 Å². The van der Waals surface area contributed by atoms with E-state index in [2.05, 4.69) is 21.7 Å². The Morgan fingerprint density at radius 2 is 2.43 bits per heavy atom. The van der Waals surface area contributed by atoms with Gasteiger partial charge in [-0.1, -0.05) is 0 Å². The Bertz CT molecular complexity index is 759. The SMILES string of the molecule is N#Cc1ccn2cc(C(=O)N[C@@H]3C[C@H]4CC[C@@H]3N4)ncc12. The van der Waals surface area contributed by atoms with Gasteiger partial charge < -0.3 is 15.0 Å². The Balaban J connectivity index is 1.55. The van der Waals surface area contributed by atoms with E-state index in [4.69, 9.17) is 5.26 Å². The zero-order chi connectivity index (χ0) is 14.4. The molecular formula is C15H15N5O. The fourth-order valence-electron chi connectivity index (χ4n) is 3.44. The first-order valence-electron chi connectivity index (χ1n) is 7.18. The molecule has 2 saturated heterocycles. The molecule has 2 aromatic heterocycles. The van der Waals surface area contributed by atoms with Crippen molar-refractivity contribution < 1.29 is 4.79 Å². The molecule has 1 amide bonds. The molecule has 3 atom stereocenters. The maximum Gasteiger partial charge on any atom is 0.271 e. The Hall–Kier alpha value is -2.39. The number of nitrogens with zero attached hydrogens (tertiary/aromatic N) is 3. The van der Waals surface area contributed by atoms with E-state index < -0.39 is 0 Å². The minimum Gasteiger partial charge on any atom is -0.346 e. The summed E-state index contributed by atoms with van der Waals surface area (Å²) in [7, 11) is 0. The average Bonchev–Trinajstić information content (AvgIpc) is 3.21. The van der Waals surface area contributed by atoms with Gasteiger partial charge in [-0.15, -0.1) is 0 Å². The summed E-state index contributed by atoms with van der Waals surface area (Å²) in [6.07, 6.45) is 8.36. The number of carbonyl (C=O) groups is 1. The van der Waals surface area contributed by atoms with Gasteiger partial charge in [0, 0.05) is 30.5 Å². The van der Waals surface area contributed by atoms with Crippen molar-refractivity contribution >= 4 is 11.4 Å². The summed E-state index contributed by atoms with van der Waals surface area (Å²) in [6, 6.07) is 4.99. The van der Waals surface area contributed by atoms with Crippen LogP contribution in [0.4, 0.5) is 0 Å². The molecule has 2 aliphatic heterocycles. The lowest BCUT2D eigenvalue weighted by atomic mass is 9.95. The molecular weight excluding hydrogens is 266 g/mol. The number of hydrogen-bond acceptors (Lipinski definition) is 4. The third kappa shape index (κ3) is 1.98. The molecule has 106 valence electrons. The van der Waals surface area contributed by atoms with Crippen molar-refractivity contribution in [3.05, 3.63) is 35.9 Å². The summed E-state index contributed by atoms with van der Waals surface area (Å²) in [5, 5.41) is 15.5. The van der Waals surface area contributed by atoms with Crippen LogP contribution < -0.4 is 10.6 Å². The average molecular weight is 281 g/mol. The van der Waals surface area contributed by atoms with Crippen LogP contribution >= 0.6 is 0 Å². The fourth-order valence-corrected chi connectivity index (χ4v) is 3.44. The van der Waals surface area contributed by atoms with Gasteiger partial charge in [0.15, 0.2) is 0 Å². The van der Waals surface area contributed by atoms with Gasteiger partial charge >= 0.3 is 0 Å². The van der Waals surface area contributed by atoms with Gasteiger partial charge in [0.25, 0.3) is 5.91 Å². The van der Waals surface area contributed by atoms with Crippen molar-refractivity contribution in [3.63, 3.8) is 0 Å². The number of fused-ring (bicyclic) bond motifs is 3. The molecule has 0 spiro atoms. The van der Waals surface area contributed by atoms with Crippen molar-refractivity contribution in [3.8, 4) is 6.07 Å². The fraction of sp³-hybridized carbons (Fsp3) is 0.400. The molecule has 6 nitrogen and oxygen atoms in total. The van der Waals surface area contributed by atoms with Crippen LogP contribution in [-0.2, 0) is 0 Å². The number of carbonyl (C=O) groups excluding carboxylic acids is 1. The number of hydrogen-bond donors (Lipinski definition) is 2. The molecule has 0 unspecified atom stereocenters. The first kappa shape index (κ1) is 12.4. The lowest BCUT2D eigenvalue weighted by Crippen LogP contribution is -2.43. The van der Waals surface area contributed by atoms with Crippen molar-refractivity contribution in [1.82, 2.24) is 20.0 Å². The molecule has 0 aliphatic carbocycles. The van der Waals surface area contributed by atoms with E-state index in [9.17, 15) is 4.79 Å². The van der Waals surface area contributed by atoms with Gasteiger partial charge in [0.2, 0.25) is 0 Å². The summed E-state index contributed by atoms with van der Waals surface area (Å²) in [5.41, 5.74) is 1.66. The number of nitrogens with one attached hydrogen (secondary N) is 2. The molecule has 4 rings (SSSR count). The van der Waals surface area contributed by atoms with Crippen LogP contribution in [0.2, 0.25) is 0 Å². The van der Waals surface area contributed by atoms with E-state index >= 15 is 0 Å². The molecule has 0 aromatic carbocycles. The second kappa shape index (κ2) is 4.57. The number of nitriles is 1. The molecule has 2 aromatic rings. The third-order valence-corrected chi connectivity index (χ3v) is 4.51. The van der Waals surface area contributed by atoms with Crippen molar-refractivity contribution in [2.45, 2.75) is 37.4 Å². The summed E-state index contributed by atoms with van der Waals surface area (Å²) in [5.74, 6) is -0.150. The smallest absolute Gasteiger partial charge is 0.271 e. The lowest BCUT2D eigenvalue weighted by Gasteiger charge is -2.21. The van der Waals surface area contributed by atoms with Crippen LogP contribution in [0.1, 0.15) is 35.3 Å².